The van der Waals surface area contributed by atoms with Gasteiger partial charge >= 0.3 is 5.97 Å². The van der Waals surface area contributed by atoms with Gasteiger partial charge in [0.2, 0.25) is 4.77 Å². The Morgan fingerprint density at radius 1 is 1.35 bits per heavy atom. The Balaban J connectivity index is 2.08. The molecule has 0 saturated heterocycles. The normalized spacial score (nSPS) is 17.2. The average Bonchev–Trinajstić information content (AvgIpc) is 2.69. The number of hydrogen-bond acceptors (Lipinski definition) is 4. The molecule has 1 N–H and O–H groups in total. The predicted octanol–water partition coefficient (Wildman–Crippen LogP) is 1.79. The lowest BCUT2D eigenvalue weighted by Crippen LogP contribution is -2.15. The summed E-state index contributed by atoms with van der Waals surface area (Å²) in [5.74, 6) is -0.848. The van der Waals surface area contributed by atoms with Gasteiger partial charge in [-0.05, 0) is 35.5 Å². The Kier molecular flexibility index (Phi) is 3.88. The molecule has 17 heavy (non-hydrogen) atoms. The summed E-state index contributed by atoms with van der Waals surface area (Å²) < 4.78 is 3.81. The molecule has 2 rings (SSSR count). The lowest BCUT2D eigenvalue weighted by molar-refractivity contribution is -0.137. The molecule has 1 fully saturated rings. The van der Waals surface area contributed by atoms with Gasteiger partial charge in [-0.2, -0.15) is 0 Å². The van der Waals surface area contributed by atoms with E-state index in [1.807, 2.05) is 0 Å². The van der Waals surface area contributed by atoms with E-state index in [4.69, 9.17) is 17.3 Å². The fourth-order valence-electron chi connectivity index (χ4n) is 2.18. The summed E-state index contributed by atoms with van der Waals surface area (Å²) in [5.41, 5.74) is 0. The minimum absolute atomic E-state index is 0.0255. The summed E-state index contributed by atoms with van der Waals surface area (Å²) in [6, 6.07) is 0.342. The van der Waals surface area contributed by atoms with Crippen molar-refractivity contribution in [1.82, 2.24) is 19.8 Å². The van der Waals surface area contributed by atoms with E-state index in [1.165, 1.54) is 23.9 Å². The predicted molar refractivity (Wildman–Crippen MR) is 63.2 cm³/mol. The number of carboxylic acids is 1. The van der Waals surface area contributed by atoms with Gasteiger partial charge in [-0.25, -0.2) is 9.36 Å². The highest BCUT2D eigenvalue weighted by Crippen LogP contribution is 2.27. The molecular formula is C10H16N4O2S. The highest BCUT2D eigenvalue weighted by molar-refractivity contribution is 7.71. The largest absolute Gasteiger partial charge is 0.481 e. The molecule has 1 saturated carbocycles. The topological polar surface area (TPSA) is 72.9 Å². The maximum absolute atomic E-state index is 10.5. The molecule has 1 heterocycles. The van der Waals surface area contributed by atoms with E-state index in [0.29, 0.717) is 17.4 Å². The Morgan fingerprint density at radius 2 is 2.06 bits per heavy atom. The molecule has 0 amide bonds. The van der Waals surface area contributed by atoms with Crippen molar-refractivity contribution in [3.63, 3.8) is 0 Å². The number of aromatic nitrogens is 4. The fraction of sp³-hybridized carbons (Fsp3) is 0.800. The molecule has 94 valence electrons. The second-order valence-corrected chi connectivity index (χ2v) is 4.73. The smallest absolute Gasteiger partial charge is 0.305 e. The average molecular weight is 256 g/mol. The van der Waals surface area contributed by atoms with E-state index < -0.39 is 5.97 Å². The molecular weight excluding hydrogens is 240 g/mol. The quantitative estimate of drug-likeness (QED) is 0.831. The van der Waals surface area contributed by atoms with Crippen molar-refractivity contribution in [2.75, 3.05) is 0 Å². The number of nitrogens with zero attached hydrogens (tertiary/aromatic N) is 4. The van der Waals surface area contributed by atoms with Gasteiger partial charge in [-0.15, -0.1) is 0 Å². The van der Waals surface area contributed by atoms with E-state index in [2.05, 4.69) is 10.4 Å². The molecule has 0 radical (unpaired) electrons. The minimum atomic E-state index is -0.848. The molecule has 6 nitrogen and oxygen atoms in total. The summed E-state index contributed by atoms with van der Waals surface area (Å²) in [7, 11) is 0. The molecule has 1 aliphatic rings. The molecule has 7 heteroatoms. The van der Waals surface area contributed by atoms with Crippen LogP contribution in [0.15, 0.2) is 0 Å². The summed E-state index contributed by atoms with van der Waals surface area (Å²) >= 11 is 5.27. The van der Waals surface area contributed by atoms with E-state index in [-0.39, 0.29) is 6.42 Å². The first-order valence-corrected chi connectivity index (χ1v) is 6.33. The van der Waals surface area contributed by atoms with Crippen molar-refractivity contribution in [3.8, 4) is 0 Å². The maximum atomic E-state index is 10.5. The molecule has 1 aromatic rings. The van der Waals surface area contributed by atoms with Gasteiger partial charge in [0.25, 0.3) is 0 Å². The first kappa shape index (κ1) is 12.2. The lowest BCUT2D eigenvalue weighted by Gasteiger charge is -2.20. The Hall–Kier alpha value is -1.24. The molecule has 0 atom stereocenters. The molecule has 1 aromatic heterocycles. The maximum Gasteiger partial charge on any atom is 0.305 e. The number of carbonyl (C=O) groups is 1. The van der Waals surface area contributed by atoms with Crippen LogP contribution in [0.3, 0.4) is 0 Å². The van der Waals surface area contributed by atoms with Gasteiger partial charge in [0.05, 0.1) is 19.0 Å². The molecule has 0 bridgehead atoms. The second-order valence-electron chi connectivity index (χ2n) is 4.36. The first-order valence-electron chi connectivity index (χ1n) is 5.92. The van der Waals surface area contributed by atoms with Crippen molar-refractivity contribution in [1.29, 1.82) is 0 Å². The minimum Gasteiger partial charge on any atom is -0.481 e. The summed E-state index contributed by atoms with van der Waals surface area (Å²) in [4.78, 5) is 10.5. The number of carboxylic acid groups (broad SMARTS) is 1. The van der Waals surface area contributed by atoms with Gasteiger partial charge < -0.3 is 5.11 Å². The van der Waals surface area contributed by atoms with Gasteiger partial charge in [-0.1, -0.05) is 19.3 Å². The van der Waals surface area contributed by atoms with E-state index in [1.54, 1.807) is 4.68 Å². The van der Waals surface area contributed by atoms with E-state index in [0.717, 1.165) is 12.8 Å². The third-order valence-corrected chi connectivity index (χ3v) is 3.52. The monoisotopic (exact) mass is 256 g/mol. The fourth-order valence-corrected chi connectivity index (χ4v) is 2.50. The van der Waals surface area contributed by atoms with Crippen LogP contribution in [0.2, 0.25) is 0 Å². The number of aliphatic carboxylic acids is 1. The summed E-state index contributed by atoms with van der Waals surface area (Å²) in [6.45, 7) is 0.293. The van der Waals surface area contributed by atoms with Crippen molar-refractivity contribution in [2.45, 2.75) is 51.1 Å². The van der Waals surface area contributed by atoms with Gasteiger partial charge in [0.1, 0.15) is 0 Å². The summed E-state index contributed by atoms with van der Waals surface area (Å²) in [6.07, 6.45) is 5.88. The standard InChI is InChI=1S/C10H16N4O2S/c15-9(16)6-7-13-10(17)14(12-11-13)8-4-2-1-3-5-8/h8H,1-7H2,(H,15,16). The molecule has 0 aromatic carbocycles. The van der Waals surface area contributed by atoms with Crippen LogP contribution in [-0.4, -0.2) is 30.9 Å². The van der Waals surface area contributed by atoms with Crippen LogP contribution < -0.4 is 0 Å². The third-order valence-electron chi connectivity index (χ3n) is 3.12. The zero-order valence-corrected chi connectivity index (χ0v) is 10.4. The van der Waals surface area contributed by atoms with Gasteiger partial charge in [-0.3, -0.25) is 4.79 Å². The molecule has 0 unspecified atom stereocenters. The van der Waals surface area contributed by atoms with Crippen LogP contribution in [0.1, 0.15) is 44.6 Å². The number of rotatable bonds is 4. The summed E-state index contributed by atoms with van der Waals surface area (Å²) in [5, 5.41) is 16.6. The number of aryl methyl sites for hydroxylation is 1. The van der Waals surface area contributed by atoms with Crippen molar-refractivity contribution < 1.29 is 9.90 Å². The third kappa shape index (κ3) is 2.91. The van der Waals surface area contributed by atoms with Crippen LogP contribution in [0.25, 0.3) is 0 Å². The Labute approximate surface area is 104 Å². The van der Waals surface area contributed by atoms with Crippen LogP contribution in [-0.2, 0) is 11.3 Å². The number of tetrazole rings is 1. The van der Waals surface area contributed by atoms with E-state index in [9.17, 15) is 4.79 Å². The van der Waals surface area contributed by atoms with Crippen molar-refractivity contribution in [2.24, 2.45) is 0 Å². The zero-order chi connectivity index (χ0) is 12.3. The van der Waals surface area contributed by atoms with Crippen LogP contribution in [0.4, 0.5) is 0 Å². The van der Waals surface area contributed by atoms with Crippen LogP contribution >= 0.6 is 12.2 Å². The van der Waals surface area contributed by atoms with Crippen molar-refractivity contribution in [3.05, 3.63) is 4.77 Å². The first-order chi connectivity index (χ1) is 8.18. The highest BCUT2D eigenvalue weighted by Gasteiger charge is 2.18. The SMILES string of the molecule is O=C(O)CCn1nnn(C2CCCCC2)c1=S. The Bertz CT molecular complexity index is 447. The van der Waals surface area contributed by atoms with Gasteiger partial charge in [0, 0.05) is 0 Å². The lowest BCUT2D eigenvalue weighted by atomic mass is 9.96. The Morgan fingerprint density at radius 3 is 2.71 bits per heavy atom. The van der Waals surface area contributed by atoms with Crippen LogP contribution in [0, 0.1) is 4.77 Å². The second kappa shape index (κ2) is 5.39. The molecule has 0 spiro atoms. The van der Waals surface area contributed by atoms with E-state index >= 15 is 0 Å². The van der Waals surface area contributed by atoms with Crippen LogP contribution in [0.5, 0.6) is 0 Å². The highest BCUT2D eigenvalue weighted by atomic mass is 32.1. The molecule has 1 aliphatic carbocycles. The molecule has 0 aliphatic heterocycles. The van der Waals surface area contributed by atoms with Gasteiger partial charge in [0.15, 0.2) is 0 Å². The zero-order valence-electron chi connectivity index (χ0n) is 9.58. The van der Waals surface area contributed by atoms with Crippen molar-refractivity contribution >= 4 is 18.2 Å². The number of hydrogen-bond donors (Lipinski definition) is 1.